The molecule has 3 aromatic carbocycles. The topological polar surface area (TPSA) is 344 Å². The number of hydrogen-bond donors (Lipinski definition) is 6. The van der Waals surface area contributed by atoms with Crippen LogP contribution in [0.3, 0.4) is 0 Å². The zero-order chi connectivity index (χ0) is 67.5. The Labute approximate surface area is 572 Å². The standard InChI is InChI=1S/2C22H24ClN7O3S.C20H20ClN7O/c2*1-13(28-21-19-20(25-11-24-19)26-12-27-21)17-10-14-4-3-5-16(23)18(14)22(29-17)33-15-6-8-30(9-7-15)34(2,31)32;1-12(26-19-17-18(23-10-22-17)24-11-25-19)15-9-13-3-2-4-14(21)16(13)20(27-15)28-5-7-29-8-6-28/h2*3-5,10-13,15H,6-9H2,1-2H3,(H2,24,25,26,27,28);2-4,9-12H,5-8H2,1H3,(H2,22,23,24,25,26)/t2*13-;12-/m000/s1. The molecule has 6 N–H and O–H groups in total. The number of ether oxygens (including phenoxy) is 3. The van der Waals surface area contributed by atoms with Crippen LogP contribution >= 0.6 is 34.8 Å². The van der Waals surface area contributed by atoms with E-state index in [1.165, 1.54) is 40.1 Å². The van der Waals surface area contributed by atoms with E-state index in [9.17, 15) is 16.8 Å². The van der Waals surface area contributed by atoms with Crippen LogP contribution in [0.1, 0.15) is 81.7 Å². The molecule has 504 valence electrons. The Hall–Kier alpha value is -9.01. The van der Waals surface area contributed by atoms with Crippen LogP contribution in [0.25, 0.3) is 65.8 Å². The van der Waals surface area contributed by atoms with Gasteiger partial charge in [-0.25, -0.2) is 85.3 Å². The Balaban J connectivity index is 0.000000132. The largest absolute Gasteiger partial charge is 0.474 e. The molecule has 3 atom stereocenters. The van der Waals surface area contributed by atoms with Gasteiger partial charge in [0.05, 0.1) is 106 Å². The van der Waals surface area contributed by atoms with Crippen LogP contribution in [0.5, 0.6) is 11.8 Å². The van der Waals surface area contributed by atoms with E-state index >= 15 is 0 Å². The Morgan fingerprint density at radius 2 is 0.835 bits per heavy atom. The number of rotatable bonds is 16. The molecule has 97 heavy (non-hydrogen) atoms. The Morgan fingerprint density at radius 3 is 1.21 bits per heavy atom. The number of halogens is 3. The highest BCUT2D eigenvalue weighted by Crippen LogP contribution is 2.39. The van der Waals surface area contributed by atoms with Crippen LogP contribution in [0.4, 0.5) is 23.3 Å². The lowest BCUT2D eigenvalue weighted by atomic mass is 10.1. The van der Waals surface area contributed by atoms with Gasteiger partial charge in [0.1, 0.15) is 53.6 Å². The number of hydrogen-bond acceptors (Lipinski definition) is 23. The molecule has 0 radical (unpaired) electrons. The summed E-state index contributed by atoms with van der Waals surface area (Å²) in [5, 5.41) is 17.3. The molecule has 33 heteroatoms. The van der Waals surface area contributed by atoms with Gasteiger partial charge in [-0.05, 0) is 99.0 Å². The molecule has 0 saturated carbocycles. The maximum absolute atomic E-state index is 11.8. The van der Waals surface area contributed by atoms with Crippen molar-refractivity contribution < 1.29 is 31.0 Å². The lowest BCUT2D eigenvalue weighted by molar-refractivity contribution is 0.122. The SMILES string of the molecule is C[C@H](Nc1ncnc2nc[nH]c12)c1cc2cccc(Cl)c2c(N2CCOCC2)n1.C[C@H](Nc1ncnc2nc[nH]c12)c1cc2cccc(Cl)c2c(OC2CCN(S(C)(=O)=O)CC2)n1.C[C@H](Nc1ncnc2nc[nH]c12)c1cc2cccc(Cl)c2c(OC2CCN(S(C)(=O)=O)CC2)n1. The van der Waals surface area contributed by atoms with Gasteiger partial charge < -0.3 is 50.0 Å². The van der Waals surface area contributed by atoms with Crippen LogP contribution in [0.2, 0.25) is 15.1 Å². The van der Waals surface area contributed by atoms with Crippen molar-refractivity contribution in [3.8, 4) is 11.8 Å². The number of sulfonamides is 2. The van der Waals surface area contributed by atoms with Crippen molar-refractivity contribution in [3.05, 3.63) is 143 Å². The predicted molar refractivity (Wildman–Crippen MR) is 375 cm³/mol. The zero-order valence-corrected chi connectivity index (χ0v) is 57.2. The summed E-state index contributed by atoms with van der Waals surface area (Å²) in [6, 6.07) is 22.8. The lowest BCUT2D eigenvalue weighted by Gasteiger charge is -2.30. The van der Waals surface area contributed by atoms with Crippen molar-refractivity contribution in [2.45, 2.75) is 76.8 Å². The summed E-state index contributed by atoms with van der Waals surface area (Å²) in [5.41, 5.74) is 6.40. The second kappa shape index (κ2) is 28.6. The number of nitrogens with zero attached hydrogens (tertiary/aromatic N) is 15. The Bertz CT molecular complexity index is 4850. The molecule has 9 aromatic heterocycles. The van der Waals surface area contributed by atoms with Gasteiger partial charge in [-0.15, -0.1) is 0 Å². The molecular formula is C64H68Cl3N21O7S2. The Kier molecular flexibility index (Phi) is 19.6. The maximum Gasteiger partial charge on any atom is 0.223 e. The fraction of sp³-hybridized carbons (Fsp3) is 0.344. The number of morpholine rings is 1. The van der Waals surface area contributed by atoms with Gasteiger partial charge in [0.25, 0.3) is 0 Å². The minimum absolute atomic E-state index is 0.0837. The van der Waals surface area contributed by atoms with Crippen molar-refractivity contribution in [3.63, 3.8) is 0 Å². The van der Waals surface area contributed by atoms with Crippen LogP contribution in [-0.2, 0) is 24.8 Å². The summed E-state index contributed by atoms with van der Waals surface area (Å²) in [5.74, 6) is 3.73. The van der Waals surface area contributed by atoms with Crippen molar-refractivity contribution in [1.82, 2.24) is 83.4 Å². The third-order valence-electron chi connectivity index (χ3n) is 17.1. The third kappa shape index (κ3) is 15.0. The van der Waals surface area contributed by atoms with Gasteiger partial charge in [-0.2, -0.15) is 0 Å². The van der Waals surface area contributed by atoms with Gasteiger partial charge in [-0.1, -0.05) is 71.2 Å². The predicted octanol–water partition coefficient (Wildman–Crippen LogP) is 10.6. The molecule has 12 aromatic rings. The molecule has 3 fully saturated rings. The van der Waals surface area contributed by atoms with Crippen molar-refractivity contribution in [1.29, 1.82) is 0 Å². The molecule has 28 nitrogen and oxygen atoms in total. The lowest BCUT2D eigenvalue weighted by Crippen LogP contribution is -2.41. The fourth-order valence-electron chi connectivity index (χ4n) is 11.9. The van der Waals surface area contributed by atoms with Crippen LogP contribution in [0.15, 0.2) is 111 Å². The van der Waals surface area contributed by atoms with Gasteiger partial charge in [0, 0.05) is 44.7 Å². The quantitative estimate of drug-likeness (QED) is 0.0523. The van der Waals surface area contributed by atoms with Crippen molar-refractivity contribution in [2.24, 2.45) is 0 Å². The molecule has 0 unspecified atom stereocenters. The van der Waals surface area contributed by atoms with E-state index < -0.39 is 20.0 Å². The number of piperidine rings is 2. The van der Waals surface area contributed by atoms with E-state index in [4.69, 9.17) is 64.0 Å². The average Bonchev–Trinajstić information content (AvgIpc) is 1.61. The fourth-order valence-corrected chi connectivity index (χ4v) is 14.5. The van der Waals surface area contributed by atoms with Gasteiger partial charge in [0.2, 0.25) is 31.8 Å². The minimum Gasteiger partial charge on any atom is -0.474 e. The van der Waals surface area contributed by atoms with E-state index in [0.29, 0.717) is 137 Å². The molecule has 3 saturated heterocycles. The summed E-state index contributed by atoms with van der Waals surface area (Å²) >= 11 is 19.6. The zero-order valence-electron chi connectivity index (χ0n) is 53.3. The first kappa shape index (κ1) is 66.6. The Morgan fingerprint density at radius 1 is 0.485 bits per heavy atom. The molecule has 0 bridgehead atoms. The maximum atomic E-state index is 11.8. The first-order valence-corrected chi connectivity index (χ1v) is 36.2. The number of aromatic nitrogens is 15. The van der Waals surface area contributed by atoms with Gasteiger partial charge in [0.15, 0.2) is 34.4 Å². The number of benzene rings is 3. The number of H-pyrrole nitrogens is 3. The van der Waals surface area contributed by atoms with Gasteiger partial charge >= 0.3 is 0 Å². The molecule has 12 heterocycles. The smallest absolute Gasteiger partial charge is 0.223 e. The summed E-state index contributed by atoms with van der Waals surface area (Å²) in [7, 11) is -6.41. The monoisotopic (exact) mass is 1410 g/mol. The molecule has 0 aliphatic carbocycles. The normalized spacial score (nSPS) is 16.4. The highest BCUT2D eigenvalue weighted by Gasteiger charge is 2.30. The van der Waals surface area contributed by atoms with E-state index in [1.807, 2.05) is 74.5 Å². The number of fused-ring (bicyclic) bond motifs is 6. The van der Waals surface area contributed by atoms with Crippen molar-refractivity contribution in [2.75, 3.05) is 85.8 Å². The summed E-state index contributed by atoms with van der Waals surface area (Å²) in [6.07, 6.45) is 13.7. The average molecular weight is 1410 g/mol. The molecule has 3 aliphatic heterocycles. The molecule has 15 rings (SSSR count). The first-order chi connectivity index (χ1) is 46.8. The summed E-state index contributed by atoms with van der Waals surface area (Å²) in [4.78, 5) is 64.1. The number of nitrogens with one attached hydrogen (secondary N) is 6. The van der Waals surface area contributed by atoms with Crippen LogP contribution < -0.4 is 30.3 Å². The van der Waals surface area contributed by atoms with Gasteiger partial charge in [-0.3, -0.25) is 0 Å². The number of pyridine rings is 3. The van der Waals surface area contributed by atoms with Crippen molar-refractivity contribution >= 4 is 144 Å². The third-order valence-corrected chi connectivity index (χ3v) is 20.6. The molecule has 0 amide bonds. The van der Waals surface area contributed by atoms with Crippen LogP contribution in [-0.4, -0.2) is 177 Å². The minimum atomic E-state index is -3.21. The van der Waals surface area contributed by atoms with E-state index in [0.717, 1.165) is 73.8 Å². The molecule has 0 spiro atoms. The summed E-state index contributed by atoms with van der Waals surface area (Å²) < 4.78 is 68.5. The van der Waals surface area contributed by atoms with Crippen LogP contribution in [0, 0.1) is 0 Å². The molecular weight excluding hydrogens is 1350 g/mol. The second-order valence-electron chi connectivity index (χ2n) is 23.7. The van der Waals surface area contributed by atoms with E-state index in [2.05, 4.69) is 99.7 Å². The second-order valence-corrected chi connectivity index (χ2v) is 28.9. The summed E-state index contributed by atoms with van der Waals surface area (Å²) in [6.45, 7) is 10.6. The first-order valence-electron chi connectivity index (χ1n) is 31.3. The van der Waals surface area contributed by atoms with E-state index in [-0.39, 0.29) is 30.3 Å². The number of imidazole rings is 3. The van der Waals surface area contributed by atoms with E-state index in [1.54, 1.807) is 19.0 Å². The highest BCUT2D eigenvalue weighted by molar-refractivity contribution is 7.88. The molecule has 3 aliphatic rings. The number of anilines is 4. The number of aromatic amines is 3. The highest BCUT2D eigenvalue weighted by atomic mass is 35.5.